The molecule has 0 heterocycles. The van der Waals surface area contributed by atoms with Crippen LogP contribution in [0.1, 0.15) is 27.2 Å². The molecule has 0 saturated heterocycles. The van der Waals surface area contributed by atoms with Crippen LogP contribution in [0.3, 0.4) is 0 Å². The third-order valence-corrected chi connectivity index (χ3v) is 3.97. The standard InChI is InChI=1S/C13H26N2O3/c1-6-18-11-7-10(13(11,2)3)15(4)12(16)9(14)8-17-5/h9-11H,6-8,14H2,1-5H3. The lowest BCUT2D eigenvalue weighted by Crippen LogP contribution is -2.64. The molecule has 1 aliphatic carbocycles. The Labute approximate surface area is 110 Å². The first kappa shape index (κ1) is 15.4. The zero-order valence-corrected chi connectivity index (χ0v) is 12.1. The monoisotopic (exact) mass is 258 g/mol. The average molecular weight is 258 g/mol. The summed E-state index contributed by atoms with van der Waals surface area (Å²) in [5, 5.41) is 0. The zero-order chi connectivity index (χ0) is 13.9. The van der Waals surface area contributed by atoms with Crippen LogP contribution >= 0.6 is 0 Å². The molecule has 5 nitrogen and oxygen atoms in total. The van der Waals surface area contributed by atoms with Gasteiger partial charge in [0.2, 0.25) is 5.91 Å². The topological polar surface area (TPSA) is 64.8 Å². The molecule has 1 rings (SSSR count). The highest BCUT2D eigenvalue weighted by atomic mass is 16.5. The summed E-state index contributed by atoms with van der Waals surface area (Å²) in [4.78, 5) is 13.8. The number of ether oxygens (including phenoxy) is 2. The van der Waals surface area contributed by atoms with Gasteiger partial charge >= 0.3 is 0 Å². The molecule has 0 aromatic heterocycles. The Morgan fingerprint density at radius 3 is 2.61 bits per heavy atom. The zero-order valence-electron chi connectivity index (χ0n) is 12.1. The normalized spacial score (nSPS) is 27.4. The molecule has 0 radical (unpaired) electrons. The molecule has 18 heavy (non-hydrogen) atoms. The van der Waals surface area contributed by atoms with E-state index in [1.807, 2.05) is 14.0 Å². The third-order valence-electron chi connectivity index (χ3n) is 3.97. The van der Waals surface area contributed by atoms with E-state index in [9.17, 15) is 4.79 Å². The van der Waals surface area contributed by atoms with E-state index in [0.717, 1.165) is 6.42 Å². The fourth-order valence-electron chi connectivity index (χ4n) is 2.67. The van der Waals surface area contributed by atoms with E-state index in [4.69, 9.17) is 15.2 Å². The Balaban J connectivity index is 2.59. The van der Waals surface area contributed by atoms with Crippen LogP contribution in [0.4, 0.5) is 0 Å². The van der Waals surface area contributed by atoms with Crippen molar-refractivity contribution in [1.82, 2.24) is 4.90 Å². The van der Waals surface area contributed by atoms with Gasteiger partial charge in [-0.2, -0.15) is 0 Å². The van der Waals surface area contributed by atoms with Gasteiger partial charge in [-0.25, -0.2) is 0 Å². The second-order valence-corrected chi connectivity index (χ2v) is 5.53. The lowest BCUT2D eigenvalue weighted by atomic mass is 9.63. The number of hydrogen-bond donors (Lipinski definition) is 1. The van der Waals surface area contributed by atoms with E-state index in [0.29, 0.717) is 6.61 Å². The summed E-state index contributed by atoms with van der Waals surface area (Å²) in [6.45, 7) is 7.22. The number of amides is 1. The largest absolute Gasteiger partial charge is 0.383 e. The Hall–Kier alpha value is -0.650. The smallest absolute Gasteiger partial charge is 0.241 e. The van der Waals surface area contributed by atoms with Gasteiger partial charge in [-0.3, -0.25) is 4.79 Å². The van der Waals surface area contributed by atoms with E-state index in [1.54, 1.807) is 12.0 Å². The summed E-state index contributed by atoms with van der Waals surface area (Å²) < 4.78 is 10.6. The van der Waals surface area contributed by atoms with Crippen LogP contribution in [-0.4, -0.2) is 56.4 Å². The molecule has 2 N–H and O–H groups in total. The van der Waals surface area contributed by atoms with Crippen LogP contribution in [0.2, 0.25) is 0 Å². The number of carbonyl (C=O) groups is 1. The van der Waals surface area contributed by atoms with Crippen molar-refractivity contribution in [2.75, 3.05) is 27.4 Å². The molecule has 0 aliphatic heterocycles. The van der Waals surface area contributed by atoms with Gasteiger partial charge in [0.25, 0.3) is 0 Å². The van der Waals surface area contributed by atoms with Crippen LogP contribution in [0.25, 0.3) is 0 Å². The maximum atomic E-state index is 12.1. The molecular weight excluding hydrogens is 232 g/mol. The van der Waals surface area contributed by atoms with Crippen LogP contribution in [-0.2, 0) is 14.3 Å². The molecule has 3 atom stereocenters. The van der Waals surface area contributed by atoms with Crippen LogP contribution < -0.4 is 5.73 Å². The van der Waals surface area contributed by atoms with Crippen molar-refractivity contribution in [3.05, 3.63) is 0 Å². The van der Waals surface area contributed by atoms with Crippen molar-refractivity contribution in [2.24, 2.45) is 11.1 Å². The molecule has 0 aromatic carbocycles. The molecule has 3 unspecified atom stereocenters. The molecule has 0 aromatic rings. The van der Waals surface area contributed by atoms with Gasteiger partial charge < -0.3 is 20.1 Å². The van der Waals surface area contributed by atoms with Crippen molar-refractivity contribution in [1.29, 1.82) is 0 Å². The molecule has 1 aliphatic rings. The number of methoxy groups -OCH3 is 1. The van der Waals surface area contributed by atoms with E-state index < -0.39 is 6.04 Å². The molecule has 106 valence electrons. The molecule has 5 heteroatoms. The fourth-order valence-corrected chi connectivity index (χ4v) is 2.67. The highest BCUT2D eigenvalue weighted by molar-refractivity contribution is 5.82. The van der Waals surface area contributed by atoms with E-state index in [-0.39, 0.29) is 30.1 Å². The number of nitrogens with two attached hydrogens (primary N) is 1. The number of likely N-dealkylation sites (N-methyl/N-ethyl adjacent to an activating group) is 1. The Bertz CT molecular complexity index is 294. The number of nitrogens with zero attached hydrogens (tertiary/aromatic N) is 1. The Kier molecular flexibility index (Phi) is 5.13. The molecule has 0 bridgehead atoms. The fraction of sp³-hybridized carbons (Fsp3) is 0.923. The number of rotatable bonds is 6. The van der Waals surface area contributed by atoms with Crippen molar-refractivity contribution in [3.8, 4) is 0 Å². The summed E-state index contributed by atoms with van der Waals surface area (Å²) in [5.74, 6) is -0.0649. The Morgan fingerprint density at radius 2 is 2.17 bits per heavy atom. The van der Waals surface area contributed by atoms with Crippen LogP contribution in [0.5, 0.6) is 0 Å². The van der Waals surface area contributed by atoms with Crippen LogP contribution in [0, 0.1) is 5.41 Å². The lowest BCUT2D eigenvalue weighted by Gasteiger charge is -2.55. The van der Waals surface area contributed by atoms with Crippen molar-refractivity contribution < 1.29 is 14.3 Å². The summed E-state index contributed by atoms with van der Waals surface area (Å²) in [7, 11) is 3.36. The van der Waals surface area contributed by atoms with E-state index in [1.165, 1.54) is 0 Å². The summed E-state index contributed by atoms with van der Waals surface area (Å²) in [6, 6.07) is -0.397. The molecule has 1 saturated carbocycles. The first-order chi connectivity index (χ1) is 8.36. The predicted octanol–water partition coefficient (Wildman–Crippen LogP) is 0.622. The van der Waals surface area contributed by atoms with Gasteiger partial charge in [-0.1, -0.05) is 13.8 Å². The van der Waals surface area contributed by atoms with Gasteiger partial charge in [0.1, 0.15) is 6.04 Å². The van der Waals surface area contributed by atoms with Gasteiger partial charge in [0.05, 0.1) is 12.7 Å². The molecular formula is C13H26N2O3. The molecule has 1 fully saturated rings. The highest BCUT2D eigenvalue weighted by Crippen LogP contribution is 2.45. The van der Waals surface area contributed by atoms with Crippen molar-refractivity contribution >= 4 is 5.91 Å². The summed E-state index contributed by atoms with van der Waals surface area (Å²) >= 11 is 0. The van der Waals surface area contributed by atoms with Gasteiger partial charge in [0, 0.05) is 32.2 Å². The van der Waals surface area contributed by atoms with Gasteiger partial charge in [-0.05, 0) is 13.3 Å². The van der Waals surface area contributed by atoms with Crippen LogP contribution in [0.15, 0.2) is 0 Å². The van der Waals surface area contributed by atoms with Crippen molar-refractivity contribution in [3.63, 3.8) is 0 Å². The quantitative estimate of drug-likeness (QED) is 0.758. The van der Waals surface area contributed by atoms with Crippen molar-refractivity contribution in [2.45, 2.75) is 45.4 Å². The number of carbonyl (C=O) groups excluding carboxylic acids is 1. The maximum absolute atomic E-state index is 12.1. The third kappa shape index (κ3) is 2.84. The minimum Gasteiger partial charge on any atom is -0.383 e. The first-order valence-electron chi connectivity index (χ1n) is 6.49. The van der Waals surface area contributed by atoms with E-state index in [2.05, 4.69) is 13.8 Å². The lowest BCUT2D eigenvalue weighted by molar-refractivity contribution is -0.165. The second-order valence-electron chi connectivity index (χ2n) is 5.53. The Morgan fingerprint density at radius 1 is 1.56 bits per heavy atom. The second kappa shape index (κ2) is 5.99. The SMILES string of the molecule is CCOC1CC(N(C)C(=O)C(N)COC)C1(C)C. The van der Waals surface area contributed by atoms with E-state index >= 15 is 0 Å². The first-order valence-corrected chi connectivity index (χ1v) is 6.49. The highest BCUT2D eigenvalue weighted by Gasteiger charge is 2.52. The minimum absolute atomic E-state index is 0.0206. The maximum Gasteiger partial charge on any atom is 0.241 e. The minimum atomic E-state index is -0.582. The molecule has 0 spiro atoms. The van der Waals surface area contributed by atoms with Gasteiger partial charge in [-0.15, -0.1) is 0 Å². The van der Waals surface area contributed by atoms with Gasteiger partial charge in [0.15, 0.2) is 0 Å². The summed E-state index contributed by atoms with van der Waals surface area (Å²) in [5.41, 5.74) is 5.76. The average Bonchev–Trinajstić information content (AvgIpc) is 2.32. The number of hydrogen-bond acceptors (Lipinski definition) is 4. The predicted molar refractivity (Wildman–Crippen MR) is 70.2 cm³/mol. The summed E-state index contributed by atoms with van der Waals surface area (Å²) in [6.07, 6.45) is 1.10. The molecule has 1 amide bonds.